The number of nitrogens with one attached hydrogen (secondary N) is 1. The minimum absolute atomic E-state index is 0.136. The predicted molar refractivity (Wildman–Crippen MR) is 101 cm³/mol. The summed E-state index contributed by atoms with van der Waals surface area (Å²) in [6.07, 6.45) is 2.18. The summed E-state index contributed by atoms with van der Waals surface area (Å²) >= 11 is 0. The van der Waals surface area contributed by atoms with E-state index in [1.807, 2.05) is 18.2 Å². The molecule has 0 unspecified atom stereocenters. The molecular formula is C21H26N2O3. The number of phenols is 1. The first-order valence-electron chi connectivity index (χ1n) is 9.10. The van der Waals surface area contributed by atoms with Gasteiger partial charge >= 0.3 is 0 Å². The first-order chi connectivity index (χ1) is 12.5. The summed E-state index contributed by atoms with van der Waals surface area (Å²) in [6.45, 7) is 3.00. The number of amides is 1. The SMILES string of the molecule is O=C(NCCN1CCC(O)(Cc2ccccc2)CC1)c1ccc(O)cc1. The molecule has 0 atom stereocenters. The Bertz CT molecular complexity index is 708. The number of hydrogen-bond acceptors (Lipinski definition) is 4. The van der Waals surface area contributed by atoms with Crippen molar-refractivity contribution in [1.82, 2.24) is 10.2 Å². The second kappa shape index (κ2) is 8.34. The van der Waals surface area contributed by atoms with Crippen LogP contribution in [0, 0.1) is 0 Å². The van der Waals surface area contributed by atoms with Gasteiger partial charge in [-0.05, 0) is 42.7 Å². The fraction of sp³-hybridized carbons (Fsp3) is 0.381. The Morgan fingerprint density at radius 3 is 2.35 bits per heavy atom. The molecule has 138 valence electrons. The average Bonchev–Trinajstić information content (AvgIpc) is 2.65. The van der Waals surface area contributed by atoms with Crippen molar-refractivity contribution in [1.29, 1.82) is 0 Å². The Balaban J connectivity index is 1.40. The van der Waals surface area contributed by atoms with Crippen LogP contribution in [0.15, 0.2) is 54.6 Å². The van der Waals surface area contributed by atoms with E-state index in [1.54, 1.807) is 12.1 Å². The van der Waals surface area contributed by atoms with E-state index in [0.29, 0.717) is 18.5 Å². The molecule has 1 fully saturated rings. The molecule has 1 heterocycles. The van der Waals surface area contributed by atoms with Crippen LogP contribution < -0.4 is 5.32 Å². The van der Waals surface area contributed by atoms with Gasteiger partial charge in [-0.15, -0.1) is 0 Å². The predicted octanol–water partition coefficient (Wildman–Crippen LogP) is 2.19. The lowest BCUT2D eigenvalue weighted by molar-refractivity contribution is -0.0202. The summed E-state index contributed by atoms with van der Waals surface area (Å²) in [5, 5.41) is 23.0. The summed E-state index contributed by atoms with van der Waals surface area (Å²) < 4.78 is 0. The van der Waals surface area contributed by atoms with Crippen LogP contribution in [0.5, 0.6) is 5.75 Å². The maximum absolute atomic E-state index is 12.1. The maximum Gasteiger partial charge on any atom is 0.251 e. The molecule has 1 aliphatic heterocycles. The summed E-state index contributed by atoms with van der Waals surface area (Å²) in [6, 6.07) is 16.3. The number of nitrogens with zero attached hydrogens (tertiary/aromatic N) is 1. The molecule has 3 N–H and O–H groups in total. The van der Waals surface area contributed by atoms with E-state index in [4.69, 9.17) is 0 Å². The number of phenolic OH excluding ortho intramolecular Hbond substituents is 1. The molecule has 0 bridgehead atoms. The van der Waals surface area contributed by atoms with Crippen LogP contribution in [0.1, 0.15) is 28.8 Å². The van der Waals surface area contributed by atoms with Crippen LogP contribution in [-0.2, 0) is 6.42 Å². The van der Waals surface area contributed by atoms with Crippen molar-refractivity contribution < 1.29 is 15.0 Å². The van der Waals surface area contributed by atoms with Gasteiger partial charge < -0.3 is 20.4 Å². The first-order valence-corrected chi connectivity index (χ1v) is 9.10. The van der Waals surface area contributed by atoms with Crippen molar-refractivity contribution in [2.75, 3.05) is 26.2 Å². The third-order valence-electron chi connectivity index (χ3n) is 5.01. The second-order valence-corrected chi connectivity index (χ2v) is 7.03. The molecule has 1 amide bonds. The molecule has 1 aliphatic rings. The van der Waals surface area contributed by atoms with E-state index in [0.717, 1.165) is 32.5 Å². The molecule has 26 heavy (non-hydrogen) atoms. The van der Waals surface area contributed by atoms with Gasteiger partial charge in [-0.3, -0.25) is 4.79 Å². The lowest BCUT2D eigenvalue weighted by atomic mass is 9.85. The molecule has 2 aromatic carbocycles. The van der Waals surface area contributed by atoms with E-state index in [1.165, 1.54) is 17.7 Å². The van der Waals surface area contributed by atoms with Crippen molar-refractivity contribution in [3.63, 3.8) is 0 Å². The molecule has 0 spiro atoms. The van der Waals surface area contributed by atoms with Crippen LogP contribution in [0.4, 0.5) is 0 Å². The number of carbonyl (C=O) groups excluding carboxylic acids is 1. The fourth-order valence-electron chi connectivity index (χ4n) is 3.39. The quantitative estimate of drug-likeness (QED) is 0.744. The average molecular weight is 354 g/mol. The highest BCUT2D eigenvalue weighted by Gasteiger charge is 2.32. The monoisotopic (exact) mass is 354 g/mol. The number of aromatic hydroxyl groups is 1. The van der Waals surface area contributed by atoms with Crippen LogP contribution in [0.2, 0.25) is 0 Å². The maximum atomic E-state index is 12.1. The smallest absolute Gasteiger partial charge is 0.251 e. The number of benzene rings is 2. The molecule has 1 saturated heterocycles. The van der Waals surface area contributed by atoms with Gasteiger partial charge in [0.15, 0.2) is 0 Å². The Morgan fingerprint density at radius 1 is 1.04 bits per heavy atom. The summed E-state index contributed by atoms with van der Waals surface area (Å²) in [7, 11) is 0. The Morgan fingerprint density at radius 2 is 1.69 bits per heavy atom. The molecule has 5 nitrogen and oxygen atoms in total. The summed E-state index contributed by atoms with van der Waals surface area (Å²) in [5.74, 6) is 0.0143. The lowest BCUT2D eigenvalue weighted by Gasteiger charge is -2.38. The Hall–Kier alpha value is -2.37. The molecule has 0 radical (unpaired) electrons. The second-order valence-electron chi connectivity index (χ2n) is 7.03. The standard InChI is InChI=1S/C21H26N2O3/c24-19-8-6-18(7-9-19)20(25)22-12-15-23-13-10-21(26,11-14-23)16-17-4-2-1-3-5-17/h1-9,24,26H,10-16H2,(H,22,25). The highest BCUT2D eigenvalue weighted by molar-refractivity contribution is 5.94. The number of aliphatic hydroxyl groups is 1. The minimum atomic E-state index is -0.632. The zero-order chi connectivity index (χ0) is 18.4. The van der Waals surface area contributed by atoms with Gasteiger partial charge in [0, 0.05) is 38.2 Å². The van der Waals surface area contributed by atoms with Gasteiger partial charge in [0.05, 0.1) is 5.60 Å². The Labute approximate surface area is 154 Å². The molecular weight excluding hydrogens is 328 g/mol. The number of rotatable bonds is 6. The van der Waals surface area contributed by atoms with Crippen LogP contribution in [0.25, 0.3) is 0 Å². The van der Waals surface area contributed by atoms with E-state index < -0.39 is 5.60 Å². The van der Waals surface area contributed by atoms with E-state index in [9.17, 15) is 15.0 Å². The van der Waals surface area contributed by atoms with Gasteiger partial charge in [-0.2, -0.15) is 0 Å². The normalized spacial score (nSPS) is 17.0. The van der Waals surface area contributed by atoms with Gasteiger partial charge in [0.1, 0.15) is 5.75 Å². The van der Waals surface area contributed by atoms with Crippen LogP contribution in [0.3, 0.4) is 0 Å². The number of hydrogen-bond donors (Lipinski definition) is 3. The minimum Gasteiger partial charge on any atom is -0.508 e. The molecule has 2 aromatic rings. The lowest BCUT2D eigenvalue weighted by Crippen LogP contribution is -2.47. The highest BCUT2D eigenvalue weighted by Crippen LogP contribution is 2.26. The third kappa shape index (κ3) is 5.07. The molecule has 5 heteroatoms. The van der Waals surface area contributed by atoms with Crippen LogP contribution in [-0.4, -0.2) is 52.8 Å². The Kier molecular flexibility index (Phi) is 5.91. The van der Waals surface area contributed by atoms with Crippen molar-refractivity contribution in [3.8, 4) is 5.75 Å². The van der Waals surface area contributed by atoms with Crippen molar-refractivity contribution in [2.24, 2.45) is 0 Å². The number of likely N-dealkylation sites (tertiary alicyclic amines) is 1. The summed E-state index contributed by atoms with van der Waals surface area (Å²) in [5.41, 5.74) is 1.08. The molecule has 0 aliphatic carbocycles. The zero-order valence-corrected chi connectivity index (χ0v) is 14.9. The third-order valence-corrected chi connectivity index (χ3v) is 5.01. The topological polar surface area (TPSA) is 72.8 Å². The fourth-order valence-corrected chi connectivity index (χ4v) is 3.39. The van der Waals surface area contributed by atoms with Crippen LogP contribution >= 0.6 is 0 Å². The first kappa shape index (κ1) is 18.4. The van der Waals surface area contributed by atoms with Gasteiger partial charge in [-0.1, -0.05) is 30.3 Å². The van der Waals surface area contributed by atoms with Gasteiger partial charge in [0.25, 0.3) is 5.91 Å². The van der Waals surface area contributed by atoms with Crippen molar-refractivity contribution >= 4 is 5.91 Å². The van der Waals surface area contributed by atoms with Gasteiger partial charge in [-0.25, -0.2) is 0 Å². The number of piperidine rings is 1. The van der Waals surface area contributed by atoms with E-state index >= 15 is 0 Å². The van der Waals surface area contributed by atoms with Gasteiger partial charge in [0.2, 0.25) is 0 Å². The van der Waals surface area contributed by atoms with Crippen molar-refractivity contribution in [3.05, 3.63) is 65.7 Å². The largest absolute Gasteiger partial charge is 0.508 e. The molecule has 0 saturated carbocycles. The van der Waals surface area contributed by atoms with Crippen molar-refractivity contribution in [2.45, 2.75) is 24.9 Å². The zero-order valence-electron chi connectivity index (χ0n) is 14.9. The molecule has 0 aromatic heterocycles. The van der Waals surface area contributed by atoms with E-state index in [-0.39, 0.29) is 11.7 Å². The summed E-state index contributed by atoms with van der Waals surface area (Å²) in [4.78, 5) is 14.3. The highest BCUT2D eigenvalue weighted by atomic mass is 16.3. The molecule has 3 rings (SSSR count). The van der Waals surface area contributed by atoms with E-state index in [2.05, 4.69) is 22.3 Å². The number of carbonyl (C=O) groups is 1.